The van der Waals surface area contributed by atoms with E-state index < -0.39 is 0 Å². The zero-order valence-corrected chi connectivity index (χ0v) is 14.1. The second-order valence-electron chi connectivity index (χ2n) is 5.42. The summed E-state index contributed by atoms with van der Waals surface area (Å²) in [5.74, 6) is 1.65. The third-order valence-corrected chi connectivity index (χ3v) is 3.88. The first-order chi connectivity index (χ1) is 11.5. The number of halogens is 1. The monoisotopic (exact) mass is 340 g/mol. The molecular formula is C17H17ClN6. The smallest absolute Gasteiger partial charge is 0.160 e. The van der Waals surface area contributed by atoms with Crippen molar-refractivity contribution in [2.24, 2.45) is 0 Å². The Balaban J connectivity index is 1.84. The molecule has 0 saturated carbocycles. The minimum Gasteiger partial charge on any atom is -0.393 e. The lowest BCUT2D eigenvalue weighted by Crippen LogP contribution is -2.05. The van der Waals surface area contributed by atoms with Crippen LogP contribution in [-0.4, -0.2) is 15.0 Å². The van der Waals surface area contributed by atoms with Gasteiger partial charge in [-0.05, 0) is 43.2 Å². The zero-order valence-electron chi connectivity index (χ0n) is 13.3. The number of hydrogen-bond acceptors (Lipinski definition) is 6. The summed E-state index contributed by atoms with van der Waals surface area (Å²) in [7, 11) is 0. The highest BCUT2D eigenvalue weighted by Gasteiger charge is 2.09. The van der Waals surface area contributed by atoms with Gasteiger partial charge in [0.15, 0.2) is 11.6 Å². The molecule has 3 rings (SSSR count). The van der Waals surface area contributed by atoms with Crippen LogP contribution in [0.1, 0.15) is 11.1 Å². The highest BCUT2D eigenvalue weighted by Crippen LogP contribution is 2.29. The summed E-state index contributed by atoms with van der Waals surface area (Å²) in [4.78, 5) is 12.7. The Morgan fingerprint density at radius 1 is 0.958 bits per heavy atom. The minimum atomic E-state index is 0.400. The van der Waals surface area contributed by atoms with Crippen LogP contribution in [0.3, 0.4) is 0 Å². The van der Waals surface area contributed by atoms with E-state index in [1.54, 1.807) is 6.20 Å². The maximum absolute atomic E-state index is 6.17. The summed E-state index contributed by atoms with van der Waals surface area (Å²) in [5.41, 5.74) is 9.45. The van der Waals surface area contributed by atoms with Gasteiger partial charge < -0.3 is 16.4 Å². The standard InChI is InChI=1S/C17H17ClN6/c1-10-3-6-14(20-8-10)24-17-15(19)16(21-9-22-17)23-12-5-4-11(2)13(18)7-12/h3-9H,19H2,1-2H3,(H2,20,21,22,23,24). The van der Waals surface area contributed by atoms with E-state index in [2.05, 4.69) is 25.6 Å². The number of aryl methyl sites for hydroxylation is 2. The van der Waals surface area contributed by atoms with Crippen molar-refractivity contribution >= 4 is 40.4 Å². The predicted molar refractivity (Wildman–Crippen MR) is 98.2 cm³/mol. The van der Waals surface area contributed by atoms with Crippen LogP contribution in [0.4, 0.5) is 28.8 Å². The van der Waals surface area contributed by atoms with Crippen molar-refractivity contribution in [3.05, 3.63) is 59.0 Å². The van der Waals surface area contributed by atoms with Gasteiger partial charge in [0.25, 0.3) is 0 Å². The molecule has 24 heavy (non-hydrogen) atoms. The summed E-state index contributed by atoms with van der Waals surface area (Å²) in [6, 6.07) is 9.49. The van der Waals surface area contributed by atoms with E-state index in [1.807, 2.05) is 44.2 Å². The first-order valence-corrected chi connectivity index (χ1v) is 7.74. The van der Waals surface area contributed by atoms with Gasteiger partial charge in [-0.1, -0.05) is 23.7 Å². The Labute approximate surface area is 145 Å². The highest BCUT2D eigenvalue weighted by atomic mass is 35.5. The number of hydrogen-bond donors (Lipinski definition) is 3. The summed E-state index contributed by atoms with van der Waals surface area (Å²) in [6.07, 6.45) is 3.21. The van der Waals surface area contributed by atoms with E-state index in [1.165, 1.54) is 6.33 Å². The van der Waals surface area contributed by atoms with Crippen molar-refractivity contribution in [2.45, 2.75) is 13.8 Å². The number of nitrogen functional groups attached to an aromatic ring is 1. The predicted octanol–water partition coefficient (Wildman–Crippen LogP) is 4.21. The number of pyridine rings is 1. The molecule has 2 aromatic heterocycles. The van der Waals surface area contributed by atoms with Crippen LogP contribution in [0.25, 0.3) is 0 Å². The van der Waals surface area contributed by atoms with E-state index >= 15 is 0 Å². The fourth-order valence-corrected chi connectivity index (χ4v) is 2.25. The molecule has 0 atom stereocenters. The van der Waals surface area contributed by atoms with Crippen LogP contribution in [0.5, 0.6) is 0 Å². The fourth-order valence-electron chi connectivity index (χ4n) is 2.07. The molecule has 3 aromatic rings. The molecule has 0 bridgehead atoms. The summed E-state index contributed by atoms with van der Waals surface area (Å²) in [6.45, 7) is 3.92. The molecule has 1 aromatic carbocycles. The Morgan fingerprint density at radius 2 is 1.71 bits per heavy atom. The largest absolute Gasteiger partial charge is 0.393 e. The number of aromatic nitrogens is 3. The first-order valence-electron chi connectivity index (χ1n) is 7.36. The van der Waals surface area contributed by atoms with Crippen LogP contribution < -0.4 is 16.4 Å². The molecule has 4 N–H and O–H groups in total. The van der Waals surface area contributed by atoms with Crippen LogP contribution in [0.2, 0.25) is 5.02 Å². The fraction of sp³-hybridized carbons (Fsp3) is 0.118. The second kappa shape index (κ2) is 6.72. The molecule has 0 spiro atoms. The Morgan fingerprint density at radius 3 is 2.38 bits per heavy atom. The van der Waals surface area contributed by atoms with Gasteiger partial charge in [-0.25, -0.2) is 15.0 Å². The third kappa shape index (κ3) is 3.55. The van der Waals surface area contributed by atoms with Crippen molar-refractivity contribution in [2.75, 3.05) is 16.4 Å². The number of benzene rings is 1. The maximum atomic E-state index is 6.17. The number of nitrogens with two attached hydrogens (primary N) is 1. The molecule has 0 aliphatic heterocycles. The molecule has 6 nitrogen and oxygen atoms in total. The van der Waals surface area contributed by atoms with E-state index in [0.29, 0.717) is 28.2 Å². The topological polar surface area (TPSA) is 88.8 Å². The summed E-state index contributed by atoms with van der Waals surface area (Å²) < 4.78 is 0. The number of anilines is 5. The molecule has 0 aliphatic rings. The van der Waals surface area contributed by atoms with Gasteiger partial charge in [0.2, 0.25) is 0 Å². The van der Waals surface area contributed by atoms with Crippen LogP contribution in [0, 0.1) is 13.8 Å². The van der Waals surface area contributed by atoms with Gasteiger partial charge in [-0.3, -0.25) is 0 Å². The van der Waals surface area contributed by atoms with Gasteiger partial charge in [-0.2, -0.15) is 0 Å². The van der Waals surface area contributed by atoms with E-state index in [0.717, 1.165) is 16.8 Å². The van der Waals surface area contributed by atoms with Gasteiger partial charge in [-0.15, -0.1) is 0 Å². The quantitative estimate of drug-likeness (QED) is 0.659. The highest BCUT2D eigenvalue weighted by molar-refractivity contribution is 6.31. The molecule has 2 heterocycles. The van der Waals surface area contributed by atoms with Crippen molar-refractivity contribution in [3.63, 3.8) is 0 Å². The first kappa shape index (κ1) is 16.0. The number of rotatable bonds is 4. The van der Waals surface area contributed by atoms with Crippen LogP contribution in [-0.2, 0) is 0 Å². The molecule has 122 valence electrons. The molecule has 0 unspecified atom stereocenters. The maximum Gasteiger partial charge on any atom is 0.160 e. The van der Waals surface area contributed by atoms with Crippen molar-refractivity contribution in [3.8, 4) is 0 Å². The Kier molecular flexibility index (Phi) is 4.48. The number of nitrogens with zero attached hydrogens (tertiary/aromatic N) is 3. The normalized spacial score (nSPS) is 10.5. The molecular weight excluding hydrogens is 324 g/mol. The summed E-state index contributed by atoms with van der Waals surface area (Å²) >= 11 is 6.15. The zero-order chi connectivity index (χ0) is 17.1. The minimum absolute atomic E-state index is 0.400. The Bertz CT molecular complexity index is 863. The van der Waals surface area contributed by atoms with Crippen molar-refractivity contribution in [1.82, 2.24) is 15.0 Å². The van der Waals surface area contributed by atoms with Crippen molar-refractivity contribution in [1.29, 1.82) is 0 Å². The third-order valence-electron chi connectivity index (χ3n) is 3.48. The van der Waals surface area contributed by atoms with E-state index in [4.69, 9.17) is 17.3 Å². The second-order valence-corrected chi connectivity index (χ2v) is 5.83. The molecule has 0 fully saturated rings. The van der Waals surface area contributed by atoms with Gasteiger partial charge in [0, 0.05) is 16.9 Å². The van der Waals surface area contributed by atoms with E-state index in [-0.39, 0.29) is 0 Å². The molecule has 0 saturated heterocycles. The van der Waals surface area contributed by atoms with E-state index in [9.17, 15) is 0 Å². The molecule has 0 radical (unpaired) electrons. The average Bonchev–Trinajstić information content (AvgIpc) is 2.57. The summed E-state index contributed by atoms with van der Waals surface area (Å²) in [5, 5.41) is 6.92. The lowest BCUT2D eigenvalue weighted by Gasteiger charge is -2.12. The van der Waals surface area contributed by atoms with Crippen LogP contribution >= 0.6 is 11.6 Å². The van der Waals surface area contributed by atoms with Crippen molar-refractivity contribution < 1.29 is 0 Å². The Hall–Kier alpha value is -2.86. The van der Waals surface area contributed by atoms with Gasteiger partial charge in [0.1, 0.15) is 17.8 Å². The molecule has 7 heteroatoms. The average molecular weight is 341 g/mol. The lowest BCUT2D eigenvalue weighted by molar-refractivity contribution is 1.16. The SMILES string of the molecule is Cc1ccc(Nc2ncnc(Nc3ccc(C)c(Cl)c3)c2N)nc1. The lowest BCUT2D eigenvalue weighted by atomic mass is 10.2. The van der Waals surface area contributed by atoms with Gasteiger partial charge in [0.05, 0.1) is 0 Å². The number of nitrogens with one attached hydrogen (secondary N) is 2. The van der Waals surface area contributed by atoms with Gasteiger partial charge >= 0.3 is 0 Å². The molecule has 0 aliphatic carbocycles. The molecule has 0 amide bonds. The van der Waals surface area contributed by atoms with Crippen LogP contribution in [0.15, 0.2) is 42.9 Å².